The first-order valence-electron chi connectivity index (χ1n) is 6.35. The summed E-state index contributed by atoms with van der Waals surface area (Å²) in [4.78, 5) is 7.77. The summed E-state index contributed by atoms with van der Waals surface area (Å²) in [5.41, 5.74) is 12.0. The van der Waals surface area contributed by atoms with Crippen molar-refractivity contribution < 1.29 is 0 Å². The van der Waals surface area contributed by atoms with Crippen LogP contribution in [0.5, 0.6) is 0 Å². The summed E-state index contributed by atoms with van der Waals surface area (Å²) < 4.78 is 0. The van der Waals surface area contributed by atoms with Crippen LogP contribution in [0.4, 0.5) is 0 Å². The van der Waals surface area contributed by atoms with Gasteiger partial charge in [0.05, 0.1) is 11.9 Å². The molecule has 96 valence electrons. The molecule has 1 heterocycles. The Balaban J connectivity index is 2.40. The van der Waals surface area contributed by atoms with Gasteiger partial charge >= 0.3 is 0 Å². The molecule has 0 saturated carbocycles. The predicted octanol–water partition coefficient (Wildman–Crippen LogP) is 2.89. The Morgan fingerprint density at radius 2 is 1.83 bits per heavy atom. The largest absolute Gasteiger partial charge is 0.342 e. The van der Waals surface area contributed by atoms with E-state index in [-0.39, 0.29) is 6.04 Å². The van der Waals surface area contributed by atoms with Gasteiger partial charge in [-0.25, -0.2) is 4.98 Å². The van der Waals surface area contributed by atoms with Crippen molar-refractivity contribution in [1.82, 2.24) is 9.97 Å². The summed E-state index contributed by atoms with van der Waals surface area (Å²) in [6.45, 7) is 8.39. The second kappa shape index (κ2) is 4.94. The number of aromatic amines is 1. The third-order valence-electron chi connectivity index (χ3n) is 3.09. The molecule has 1 unspecified atom stereocenters. The summed E-state index contributed by atoms with van der Waals surface area (Å²) in [5, 5.41) is 0. The molecule has 1 aromatic carbocycles. The fourth-order valence-electron chi connectivity index (χ4n) is 2.50. The van der Waals surface area contributed by atoms with Crippen molar-refractivity contribution >= 4 is 0 Å². The SMILES string of the molecule is Cc1cc(C)c(-c2cnc(CC(C)N)[nH]2)c(C)c1. The Hall–Kier alpha value is -1.61. The fourth-order valence-corrected chi connectivity index (χ4v) is 2.50. The van der Waals surface area contributed by atoms with Crippen LogP contribution in [0.2, 0.25) is 0 Å². The van der Waals surface area contributed by atoms with Crippen LogP contribution in [0.15, 0.2) is 18.3 Å². The van der Waals surface area contributed by atoms with Crippen molar-refractivity contribution in [2.24, 2.45) is 5.73 Å². The van der Waals surface area contributed by atoms with Crippen molar-refractivity contribution in [2.45, 2.75) is 40.2 Å². The molecule has 0 amide bonds. The molecule has 2 aromatic rings. The van der Waals surface area contributed by atoms with E-state index >= 15 is 0 Å². The van der Waals surface area contributed by atoms with Gasteiger partial charge in [-0.2, -0.15) is 0 Å². The minimum atomic E-state index is 0.129. The zero-order chi connectivity index (χ0) is 13.3. The lowest BCUT2D eigenvalue weighted by Gasteiger charge is -2.09. The maximum absolute atomic E-state index is 5.79. The van der Waals surface area contributed by atoms with E-state index in [9.17, 15) is 0 Å². The van der Waals surface area contributed by atoms with Crippen LogP contribution in [0.1, 0.15) is 29.4 Å². The number of rotatable bonds is 3. The topological polar surface area (TPSA) is 54.7 Å². The number of imidazole rings is 1. The van der Waals surface area contributed by atoms with Gasteiger partial charge in [-0.15, -0.1) is 0 Å². The quantitative estimate of drug-likeness (QED) is 0.871. The molecule has 1 aromatic heterocycles. The Morgan fingerprint density at radius 3 is 2.39 bits per heavy atom. The van der Waals surface area contributed by atoms with Gasteiger partial charge in [0.15, 0.2) is 0 Å². The monoisotopic (exact) mass is 243 g/mol. The molecular weight excluding hydrogens is 222 g/mol. The second-order valence-corrected chi connectivity index (χ2v) is 5.20. The highest BCUT2D eigenvalue weighted by molar-refractivity contribution is 5.67. The smallest absolute Gasteiger partial charge is 0.108 e. The first-order valence-corrected chi connectivity index (χ1v) is 6.35. The molecule has 0 aliphatic heterocycles. The number of nitrogens with two attached hydrogens (primary N) is 1. The number of benzene rings is 1. The lowest BCUT2D eigenvalue weighted by atomic mass is 9.98. The minimum Gasteiger partial charge on any atom is -0.342 e. The maximum atomic E-state index is 5.79. The molecule has 3 N–H and O–H groups in total. The van der Waals surface area contributed by atoms with Gasteiger partial charge in [-0.05, 0) is 38.8 Å². The Bertz CT molecular complexity index is 530. The molecule has 0 fully saturated rings. The number of hydrogen-bond donors (Lipinski definition) is 2. The van der Waals surface area contributed by atoms with Crippen LogP contribution >= 0.6 is 0 Å². The lowest BCUT2D eigenvalue weighted by molar-refractivity contribution is 0.710. The summed E-state index contributed by atoms with van der Waals surface area (Å²) in [7, 11) is 0. The average Bonchev–Trinajstić information content (AvgIpc) is 2.63. The number of hydrogen-bond acceptors (Lipinski definition) is 2. The van der Waals surface area contributed by atoms with Crippen LogP contribution in [0.3, 0.4) is 0 Å². The van der Waals surface area contributed by atoms with E-state index in [4.69, 9.17) is 5.73 Å². The number of H-pyrrole nitrogens is 1. The number of nitrogens with zero attached hydrogens (tertiary/aromatic N) is 1. The highest BCUT2D eigenvalue weighted by Gasteiger charge is 2.10. The number of aryl methyl sites for hydroxylation is 3. The van der Waals surface area contributed by atoms with Crippen molar-refractivity contribution in [3.8, 4) is 11.3 Å². The number of aromatic nitrogens is 2. The van der Waals surface area contributed by atoms with Gasteiger partial charge < -0.3 is 10.7 Å². The molecule has 1 atom stereocenters. The Kier molecular flexibility index (Phi) is 3.53. The standard InChI is InChI=1S/C15H21N3/c1-9-5-10(2)15(11(3)6-9)13-8-17-14(18-13)7-12(4)16/h5-6,8,12H,7,16H2,1-4H3,(H,17,18). The zero-order valence-corrected chi connectivity index (χ0v) is 11.5. The number of nitrogens with one attached hydrogen (secondary N) is 1. The normalized spacial score (nSPS) is 12.7. The zero-order valence-electron chi connectivity index (χ0n) is 11.5. The van der Waals surface area contributed by atoms with E-state index in [2.05, 4.69) is 42.9 Å². The fraction of sp³-hybridized carbons (Fsp3) is 0.400. The molecule has 0 aliphatic carbocycles. The molecule has 18 heavy (non-hydrogen) atoms. The lowest BCUT2D eigenvalue weighted by Crippen LogP contribution is -2.18. The van der Waals surface area contributed by atoms with Crippen LogP contribution in [-0.4, -0.2) is 16.0 Å². The van der Waals surface area contributed by atoms with Crippen molar-refractivity contribution in [3.05, 3.63) is 40.8 Å². The molecule has 3 heteroatoms. The summed E-state index contributed by atoms with van der Waals surface area (Å²) in [6.07, 6.45) is 2.69. The minimum absolute atomic E-state index is 0.129. The van der Waals surface area contributed by atoms with Gasteiger partial charge in [0.1, 0.15) is 5.82 Å². The van der Waals surface area contributed by atoms with Crippen molar-refractivity contribution in [2.75, 3.05) is 0 Å². The van der Waals surface area contributed by atoms with E-state index < -0.39 is 0 Å². The van der Waals surface area contributed by atoms with E-state index in [0.29, 0.717) is 0 Å². The van der Waals surface area contributed by atoms with Gasteiger partial charge in [-0.3, -0.25) is 0 Å². The third-order valence-corrected chi connectivity index (χ3v) is 3.09. The highest BCUT2D eigenvalue weighted by atomic mass is 14.9. The van der Waals surface area contributed by atoms with Gasteiger partial charge in [-0.1, -0.05) is 17.7 Å². The first kappa shape index (κ1) is 12.8. The molecule has 3 nitrogen and oxygen atoms in total. The first-order chi connectivity index (χ1) is 8.47. The van der Waals surface area contributed by atoms with Gasteiger partial charge in [0, 0.05) is 18.0 Å². The summed E-state index contributed by atoms with van der Waals surface area (Å²) >= 11 is 0. The van der Waals surface area contributed by atoms with Crippen molar-refractivity contribution in [3.63, 3.8) is 0 Å². The second-order valence-electron chi connectivity index (χ2n) is 5.20. The predicted molar refractivity (Wildman–Crippen MR) is 75.6 cm³/mol. The van der Waals surface area contributed by atoms with E-state index in [0.717, 1.165) is 17.9 Å². The maximum Gasteiger partial charge on any atom is 0.108 e. The molecule has 0 radical (unpaired) electrons. The van der Waals surface area contributed by atoms with Crippen LogP contribution < -0.4 is 5.73 Å². The van der Waals surface area contributed by atoms with E-state index in [1.54, 1.807) is 0 Å². The molecule has 0 bridgehead atoms. The third kappa shape index (κ3) is 2.62. The van der Waals surface area contributed by atoms with Gasteiger partial charge in [0.25, 0.3) is 0 Å². The van der Waals surface area contributed by atoms with Crippen LogP contribution in [0, 0.1) is 20.8 Å². The summed E-state index contributed by atoms with van der Waals surface area (Å²) in [5.74, 6) is 0.958. The van der Waals surface area contributed by atoms with Crippen LogP contribution in [0.25, 0.3) is 11.3 Å². The van der Waals surface area contributed by atoms with Crippen LogP contribution in [-0.2, 0) is 6.42 Å². The Labute approximate surface area is 108 Å². The Morgan fingerprint density at radius 1 is 1.22 bits per heavy atom. The molecular formula is C15H21N3. The summed E-state index contributed by atoms with van der Waals surface area (Å²) in [6, 6.07) is 4.53. The highest BCUT2D eigenvalue weighted by Crippen LogP contribution is 2.26. The molecule has 0 aliphatic rings. The van der Waals surface area contributed by atoms with E-state index in [1.165, 1.54) is 22.3 Å². The van der Waals surface area contributed by atoms with E-state index in [1.807, 2.05) is 13.1 Å². The van der Waals surface area contributed by atoms with Crippen molar-refractivity contribution in [1.29, 1.82) is 0 Å². The molecule has 0 saturated heterocycles. The average molecular weight is 243 g/mol. The molecule has 0 spiro atoms. The molecule has 2 rings (SSSR count). The van der Waals surface area contributed by atoms with Gasteiger partial charge in [0.2, 0.25) is 0 Å².